The first-order chi connectivity index (χ1) is 9.31. The number of carbonyl (C=O) groups excluding carboxylic acids is 2. The fourth-order valence-electron chi connectivity index (χ4n) is 2.19. The number of hydrogen-bond donors (Lipinski definition) is 1. The Morgan fingerprint density at radius 3 is 2.60 bits per heavy atom. The quantitative estimate of drug-likeness (QED) is 0.464. The molecule has 1 rings (SSSR count). The molecule has 0 bridgehead atoms. The van der Waals surface area contributed by atoms with Crippen molar-refractivity contribution in [1.82, 2.24) is 5.32 Å². The number of rotatable bonds is 6. The summed E-state index contributed by atoms with van der Waals surface area (Å²) in [5.74, 6) is -3.61. The molecule has 0 aromatic rings. The Morgan fingerprint density at radius 1 is 1.45 bits per heavy atom. The van der Waals surface area contributed by atoms with Crippen LogP contribution < -0.4 is 5.32 Å². The molecule has 0 spiro atoms. The molecular formula is C13H18F3NO3. The summed E-state index contributed by atoms with van der Waals surface area (Å²) in [4.78, 5) is 22.5. The highest BCUT2D eigenvalue weighted by Gasteiger charge is 2.47. The van der Waals surface area contributed by atoms with Crippen LogP contribution in [0.5, 0.6) is 0 Å². The minimum Gasteiger partial charge on any atom is -0.460 e. The van der Waals surface area contributed by atoms with E-state index in [1.807, 2.05) is 6.92 Å². The maximum absolute atomic E-state index is 12.2. The average molecular weight is 293 g/mol. The standard InChI is InChI=1S/C13H18F3NO3/c1-3-5-6-7-9-8(4-2)10(11(18)20-9)17-12(19)13(14,15)16/h4,8-10H,2-3,5-7H2,1H3,(H,17,19)/t8-,9+,10+/m0/s1. The van der Waals surface area contributed by atoms with Crippen LogP contribution in [-0.2, 0) is 14.3 Å². The van der Waals surface area contributed by atoms with Gasteiger partial charge in [-0.1, -0.05) is 25.8 Å². The van der Waals surface area contributed by atoms with E-state index >= 15 is 0 Å². The molecule has 1 N–H and O–H groups in total. The number of cyclic esters (lactones) is 1. The molecule has 0 aliphatic carbocycles. The molecule has 1 aliphatic rings. The van der Waals surface area contributed by atoms with Crippen LogP contribution in [0.4, 0.5) is 13.2 Å². The maximum Gasteiger partial charge on any atom is 0.471 e. The maximum atomic E-state index is 12.2. The van der Waals surface area contributed by atoms with Crippen LogP contribution in [-0.4, -0.2) is 30.2 Å². The Hall–Kier alpha value is -1.53. The third-order valence-corrected chi connectivity index (χ3v) is 3.24. The van der Waals surface area contributed by atoms with E-state index in [9.17, 15) is 22.8 Å². The van der Waals surface area contributed by atoms with Crippen molar-refractivity contribution >= 4 is 11.9 Å². The predicted molar refractivity (Wildman–Crippen MR) is 65.7 cm³/mol. The van der Waals surface area contributed by atoms with E-state index in [1.54, 1.807) is 5.32 Å². The van der Waals surface area contributed by atoms with Gasteiger partial charge in [-0.25, -0.2) is 4.79 Å². The molecule has 0 radical (unpaired) electrons. The van der Waals surface area contributed by atoms with Gasteiger partial charge >= 0.3 is 18.1 Å². The largest absolute Gasteiger partial charge is 0.471 e. The lowest BCUT2D eigenvalue weighted by molar-refractivity contribution is -0.175. The molecule has 3 atom stereocenters. The van der Waals surface area contributed by atoms with Crippen molar-refractivity contribution in [3.05, 3.63) is 12.7 Å². The fraction of sp³-hybridized carbons (Fsp3) is 0.692. The smallest absolute Gasteiger partial charge is 0.460 e. The number of amides is 1. The monoisotopic (exact) mass is 293 g/mol. The molecule has 114 valence electrons. The summed E-state index contributed by atoms with van der Waals surface area (Å²) in [6, 6.07) is -1.31. The summed E-state index contributed by atoms with van der Waals surface area (Å²) < 4.78 is 41.7. The zero-order chi connectivity index (χ0) is 15.3. The van der Waals surface area contributed by atoms with Gasteiger partial charge in [0.1, 0.15) is 12.1 Å². The van der Waals surface area contributed by atoms with Crippen LogP contribution in [0.25, 0.3) is 0 Å². The molecule has 20 heavy (non-hydrogen) atoms. The highest BCUT2D eigenvalue weighted by Crippen LogP contribution is 2.28. The molecule has 4 nitrogen and oxygen atoms in total. The van der Waals surface area contributed by atoms with E-state index in [0.29, 0.717) is 6.42 Å². The second kappa shape index (κ2) is 6.76. The highest BCUT2D eigenvalue weighted by atomic mass is 19.4. The van der Waals surface area contributed by atoms with Gasteiger partial charge < -0.3 is 10.1 Å². The van der Waals surface area contributed by atoms with E-state index in [0.717, 1.165) is 19.3 Å². The number of esters is 1. The van der Waals surface area contributed by atoms with Crippen LogP contribution in [0.15, 0.2) is 12.7 Å². The molecular weight excluding hydrogens is 275 g/mol. The van der Waals surface area contributed by atoms with Crippen molar-refractivity contribution in [3.8, 4) is 0 Å². The summed E-state index contributed by atoms with van der Waals surface area (Å²) in [7, 11) is 0. The first-order valence-corrected chi connectivity index (χ1v) is 6.52. The van der Waals surface area contributed by atoms with Crippen molar-refractivity contribution in [2.24, 2.45) is 5.92 Å². The molecule has 1 saturated heterocycles. The average Bonchev–Trinajstić information content (AvgIpc) is 2.65. The SMILES string of the molecule is C=C[C@H]1[C@@H](CCCCC)OC(=O)[C@@H]1NC(=O)C(F)(F)F. The topological polar surface area (TPSA) is 55.4 Å². The number of hydrogen-bond acceptors (Lipinski definition) is 3. The van der Waals surface area contributed by atoms with Gasteiger partial charge in [0, 0.05) is 5.92 Å². The lowest BCUT2D eigenvalue weighted by Crippen LogP contribution is -2.48. The molecule has 0 saturated carbocycles. The lowest BCUT2D eigenvalue weighted by Gasteiger charge is -2.18. The normalized spacial score (nSPS) is 26.2. The van der Waals surface area contributed by atoms with Gasteiger partial charge in [0.05, 0.1) is 0 Å². The lowest BCUT2D eigenvalue weighted by atomic mass is 9.93. The van der Waals surface area contributed by atoms with Crippen molar-refractivity contribution in [1.29, 1.82) is 0 Å². The van der Waals surface area contributed by atoms with E-state index in [-0.39, 0.29) is 0 Å². The third kappa shape index (κ3) is 3.98. The number of nitrogens with one attached hydrogen (secondary N) is 1. The van der Waals surface area contributed by atoms with Crippen molar-refractivity contribution in [2.75, 3.05) is 0 Å². The van der Waals surface area contributed by atoms with Gasteiger partial charge in [-0.15, -0.1) is 6.58 Å². The van der Waals surface area contributed by atoms with Gasteiger partial charge in [-0.3, -0.25) is 4.79 Å². The molecule has 1 fully saturated rings. The number of carbonyl (C=O) groups is 2. The summed E-state index contributed by atoms with van der Waals surface area (Å²) in [5.41, 5.74) is 0. The van der Waals surface area contributed by atoms with Gasteiger partial charge in [0.25, 0.3) is 0 Å². The van der Waals surface area contributed by atoms with Crippen LogP contribution >= 0.6 is 0 Å². The van der Waals surface area contributed by atoms with E-state index < -0.39 is 36.1 Å². The molecule has 1 amide bonds. The van der Waals surface area contributed by atoms with Crippen molar-refractivity contribution in [3.63, 3.8) is 0 Å². The zero-order valence-corrected chi connectivity index (χ0v) is 11.2. The molecule has 0 aromatic carbocycles. The van der Waals surface area contributed by atoms with Gasteiger partial charge in [0.2, 0.25) is 0 Å². The Kier molecular flexibility index (Phi) is 5.59. The highest BCUT2D eigenvalue weighted by molar-refractivity contribution is 5.89. The van der Waals surface area contributed by atoms with Gasteiger partial charge in [-0.05, 0) is 12.8 Å². The van der Waals surface area contributed by atoms with Crippen molar-refractivity contribution < 1.29 is 27.5 Å². The number of ether oxygens (including phenoxy) is 1. The molecule has 1 heterocycles. The fourth-order valence-corrected chi connectivity index (χ4v) is 2.19. The molecule has 0 unspecified atom stereocenters. The van der Waals surface area contributed by atoms with E-state index in [2.05, 4.69) is 6.58 Å². The first kappa shape index (κ1) is 16.5. The van der Waals surface area contributed by atoms with Crippen molar-refractivity contribution in [2.45, 2.75) is 50.9 Å². The Balaban J connectivity index is 2.69. The van der Waals surface area contributed by atoms with Crippen LogP contribution in [0, 0.1) is 5.92 Å². The van der Waals surface area contributed by atoms with Gasteiger partial charge in [0.15, 0.2) is 0 Å². The number of alkyl halides is 3. The summed E-state index contributed by atoms with van der Waals surface area (Å²) >= 11 is 0. The Bertz CT molecular complexity index is 382. The first-order valence-electron chi connectivity index (χ1n) is 6.52. The van der Waals surface area contributed by atoms with E-state index in [1.165, 1.54) is 6.08 Å². The predicted octanol–water partition coefficient (Wildman–Crippen LogP) is 2.34. The number of halogens is 3. The Labute approximate surface area is 115 Å². The summed E-state index contributed by atoms with van der Waals surface area (Å²) in [5, 5.41) is 1.68. The summed E-state index contributed by atoms with van der Waals surface area (Å²) in [6.07, 6.45) is -0.904. The molecule has 1 aliphatic heterocycles. The Morgan fingerprint density at radius 2 is 2.10 bits per heavy atom. The number of unbranched alkanes of at least 4 members (excludes halogenated alkanes) is 2. The second-order valence-corrected chi connectivity index (χ2v) is 4.73. The van der Waals surface area contributed by atoms with Crippen LogP contribution in [0.1, 0.15) is 32.6 Å². The summed E-state index contributed by atoms with van der Waals surface area (Å²) in [6.45, 7) is 5.52. The third-order valence-electron chi connectivity index (χ3n) is 3.24. The van der Waals surface area contributed by atoms with Gasteiger partial charge in [-0.2, -0.15) is 13.2 Å². The van der Waals surface area contributed by atoms with Crippen LogP contribution in [0.3, 0.4) is 0 Å². The van der Waals surface area contributed by atoms with E-state index in [4.69, 9.17) is 4.74 Å². The second-order valence-electron chi connectivity index (χ2n) is 4.73. The minimum atomic E-state index is -5.02. The minimum absolute atomic E-state index is 0.523. The van der Waals surface area contributed by atoms with Crippen LogP contribution in [0.2, 0.25) is 0 Å². The molecule has 0 aromatic heterocycles. The molecule has 7 heteroatoms. The zero-order valence-electron chi connectivity index (χ0n) is 11.2.